The number of thioether (sulfide) groups is 1. The molecule has 0 spiro atoms. The molecule has 144 valence electrons. The summed E-state index contributed by atoms with van der Waals surface area (Å²) in [6.07, 6.45) is 1.39. The number of thiazole rings is 1. The van der Waals surface area contributed by atoms with E-state index in [1.807, 2.05) is 30.0 Å². The van der Waals surface area contributed by atoms with Gasteiger partial charge in [0.2, 0.25) is 5.91 Å². The number of nitrogens with zero attached hydrogens (tertiary/aromatic N) is 2. The van der Waals surface area contributed by atoms with Gasteiger partial charge in [-0.3, -0.25) is 4.79 Å². The van der Waals surface area contributed by atoms with Crippen molar-refractivity contribution in [3.8, 4) is 0 Å². The van der Waals surface area contributed by atoms with E-state index in [2.05, 4.69) is 10.3 Å². The molecule has 1 fully saturated rings. The Morgan fingerprint density at radius 3 is 3.07 bits per heavy atom. The van der Waals surface area contributed by atoms with Crippen LogP contribution in [-0.2, 0) is 4.79 Å². The Morgan fingerprint density at radius 2 is 2.33 bits per heavy atom. The van der Waals surface area contributed by atoms with E-state index in [1.54, 1.807) is 0 Å². The van der Waals surface area contributed by atoms with Crippen molar-refractivity contribution in [3.05, 3.63) is 39.9 Å². The first kappa shape index (κ1) is 20.0. The largest absolute Gasteiger partial charge is 0.476 e. The number of hydrogen-bond acceptors (Lipinski definition) is 6. The highest BCUT2D eigenvalue weighted by molar-refractivity contribution is 8.01. The maximum atomic E-state index is 12.2. The molecule has 1 amide bonds. The minimum absolute atomic E-state index is 0.0683. The standard InChI is InChI=1S/C18H20ClN3O3S2/c1-11-2-3-12(19)8-14(11)20-9-13-4-5-16(23)22(13)6-7-26-18-21-15(10-27-18)17(24)25/h2-3,8,10,13,20H,4-7,9H2,1H3,(H,24,25)/t13-/m1/s1. The Morgan fingerprint density at radius 1 is 1.52 bits per heavy atom. The molecule has 1 aliphatic heterocycles. The van der Waals surface area contributed by atoms with Gasteiger partial charge in [0.25, 0.3) is 0 Å². The maximum Gasteiger partial charge on any atom is 0.355 e. The summed E-state index contributed by atoms with van der Waals surface area (Å²) >= 11 is 8.86. The molecule has 1 aromatic heterocycles. The third-order valence-electron chi connectivity index (χ3n) is 4.44. The molecule has 1 aliphatic rings. The fourth-order valence-electron chi connectivity index (χ4n) is 2.98. The van der Waals surface area contributed by atoms with Crippen molar-refractivity contribution >= 4 is 52.3 Å². The number of anilines is 1. The Kier molecular flexibility index (Phi) is 6.62. The van der Waals surface area contributed by atoms with E-state index in [9.17, 15) is 9.59 Å². The Hall–Kier alpha value is -1.77. The molecule has 6 nitrogen and oxygen atoms in total. The molecule has 0 radical (unpaired) electrons. The molecule has 1 aromatic carbocycles. The molecule has 0 aliphatic carbocycles. The minimum Gasteiger partial charge on any atom is -0.476 e. The second-order valence-electron chi connectivity index (χ2n) is 6.27. The van der Waals surface area contributed by atoms with Crippen molar-refractivity contribution in [1.29, 1.82) is 0 Å². The van der Waals surface area contributed by atoms with Gasteiger partial charge in [0.15, 0.2) is 10.0 Å². The number of hydrogen-bond donors (Lipinski definition) is 2. The van der Waals surface area contributed by atoms with Crippen LogP contribution in [0.3, 0.4) is 0 Å². The lowest BCUT2D eigenvalue weighted by atomic mass is 10.1. The van der Waals surface area contributed by atoms with Gasteiger partial charge in [0, 0.05) is 47.4 Å². The average molecular weight is 426 g/mol. The highest BCUT2D eigenvalue weighted by Gasteiger charge is 2.30. The Bertz CT molecular complexity index is 843. The van der Waals surface area contributed by atoms with Gasteiger partial charge >= 0.3 is 5.97 Å². The first-order chi connectivity index (χ1) is 12.9. The third-order valence-corrected chi connectivity index (χ3v) is 6.68. The van der Waals surface area contributed by atoms with Crippen molar-refractivity contribution in [2.45, 2.75) is 30.1 Å². The predicted molar refractivity (Wildman–Crippen MR) is 109 cm³/mol. The lowest BCUT2D eigenvalue weighted by Gasteiger charge is -2.25. The van der Waals surface area contributed by atoms with Crippen LogP contribution < -0.4 is 5.32 Å². The van der Waals surface area contributed by atoms with E-state index < -0.39 is 5.97 Å². The molecule has 1 atom stereocenters. The van der Waals surface area contributed by atoms with Gasteiger partial charge < -0.3 is 15.3 Å². The Labute approximate surface area is 170 Å². The Balaban J connectivity index is 1.52. The van der Waals surface area contributed by atoms with Gasteiger partial charge in [-0.05, 0) is 31.0 Å². The smallest absolute Gasteiger partial charge is 0.355 e. The number of carbonyl (C=O) groups excluding carboxylic acids is 1. The molecule has 1 saturated heterocycles. The van der Waals surface area contributed by atoms with Crippen LogP contribution in [0.1, 0.15) is 28.9 Å². The van der Waals surface area contributed by atoms with Crippen LogP contribution in [0.2, 0.25) is 5.02 Å². The van der Waals surface area contributed by atoms with Crippen LogP contribution >= 0.6 is 34.7 Å². The summed E-state index contributed by atoms with van der Waals surface area (Å²) in [7, 11) is 0. The van der Waals surface area contributed by atoms with E-state index in [1.165, 1.54) is 28.5 Å². The predicted octanol–water partition coefficient (Wildman–Crippen LogP) is 4.00. The highest BCUT2D eigenvalue weighted by atomic mass is 35.5. The van der Waals surface area contributed by atoms with Gasteiger partial charge in [-0.2, -0.15) is 0 Å². The number of aryl methyl sites for hydroxylation is 1. The van der Waals surface area contributed by atoms with E-state index in [0.717, 1.165) is 17.7 Å². The number of aromatic carboxylic acids is 1. The summed E-state index contributed by atoms with van der Waals surface area (Å²) in [5.41, 5.74) is 2.17. The lowest BCUT2D eigenvalue weighted by molar-refractivity contribution is -0.128. The zero-order chi connectivity index (χ0) is 19.4. The van der Waals surface area contributed by atoms with Crippen molar-refractivity contribution in [1.82, 2.24) is 9.88 Å². The average Bonchev–Trinajstić information content (AvgIpc) is 3.24. The number of likely N-dealkylation sites (tertiary alicyclic amines) is 1. The first-order valence-corrected chi connectivity index (χ1v) is 10.8. The number of aromatic nitrogens is 1. The van der Waals surface area contributed by atoms with E-state index in [0.29, 0.717) is 34.6 Å². The normalized spacial score (nSPS) is 16.7. The zero-order valence-corrected chi connectivity index (χ0v) is 17.2. The van der Waals surface area contributed by atoms with Crippen LogP contribution in [0, 0.1) is 6.92 Å². The number of benzene rings is 1. The molecule has 0 unspecified atom stereocenters. The third kappa shape index (κ3) is 5.15. The minimum atomic E-state index is -1.02. The van der Waals surface area contributed by atoms with Crippen LogP contribution in [0.4, 0.5) is 5.69 Å². The number of nitrogens with one attached hydrogen (secondary N) is 1. The van der Waals surface area contributed by atoms with E-state index in [4.69, 9.17) is 16.7 Å². The lowest BCUT2D eigenvalue weighted by Crippen LogP contribution is -2.39. The molecular formula is C18H20ClN3O3S2. The monoisotopic (exact) mass is 425 g/mol. The van der Waals surface area contributed by atoms with Gasteiger partial charge in [0.05, 0.1) is 0 Å². The van der Waals surface area contributed by atoms with Gasteiger partial charge in [-0.1, -0.05) is 29.4 Å². The summed E-state index contributed by atoms with van der Waals surface area (Å²) in [4.78, 5) is 29.1. The van der Waals surface area contributed by atoms with Crippen molar-refractivity contribution < 1.29 is 14.7 Å². The number of amides is 1. The summed E-state index contributed by atoms with van der Waals surface area (Å²) in [6.45, 7) is 3.32. The number of carboxylic acids is 1. The second kappa shape index (κ2) is 8.95. The van der Waals surface area contributed by atoms with Gasteiger partial charge in [-0.15, -0.1) is 11.3 Å². The molecule has 2 aromatic rings. The molecule has 3 rings (SSSR count). The zero-order valence-electron chi connectivity index (χ0n) is 14.8. The van der Waals surface area contributed by atoms with Crippen LogP contribution in [0.15, 0.2) is 27.9 Å². The summed E-state index contributed by atoms with van der Waals surface area (Å²) in [5, 5.41) is 14.5. The number of carbonyl (C=O) groups is 2. The van der Waals surface area contributed by atoms with Crippen molar-refractivity contribution in [2.24, 2.45) is 0 Å². The quantitative estimate of drug-likeness (QED) is 0.622. The second-order valence-corrected chi connectivity index (χ2v) is 8.91. The topological polar surface area (TPSA) is 82.5 Å². The molecule has 0 saturated carbocycles. The van der Waals surface area contributed by atoms with Gasteiger partial charge in [-0.25, -0.2) is 9.78 Å². The molecule has 2 heterocycles. The molecule has 27 heavy (non-hydrogen) atoms. The van der Waals surface area contributed by atoms with Crippen molar-refractivity contribution in [2.75, 3.05) is 24.2 Å². The molecule has 9 heteroatoms. The van der Waals surface area contributed by atoms with Crippen LogP contribution in [0.25, 0.3) is 0 Å². The molecule has 2 N–H and O–H groups in total. The van der Waals surface area contributed by atoms with Crippen LogP contribution in [-0.4, -0.2) is 51.8 Å². The summed E-state index contributed by atoms with van der Waals surface area (Å²) in [5.74, 6) is -0.170. The van der Waals surface area contributed by atoms with Gasteiger partial charge in [0.1, 0.15) is 0 Å². The SMILES string of the molecule is Cc1ccc(Cl)cc1NC[C@H]1CCC(=O)N1CCSc1nc(C(=O)O)cs1. The maximum absolute atomic E-state index is 12.2. The number of carboxylic acid groups (broad SMARTS) is 1. The number of rotatable bonds is 8. The molecular weight excluding hydrogens is 406 g/mol. The molecule has 0 bridgehead atoms. The van der Waals surface area contributed by atoms with E-state index >= 15 is 0 Å². The van der Waals surface area contributed by atoms with Crippen molar-refractivity contribution in [3.63, 3.8) is 0 Å². The summed E-state index contributed by atoms with van der Waals surface area (Å²) < 4.78 is 0.711. The fraction of sp³-hybridized carbons (Fsp3) is 0.389. The van der Waals surface area contributed by atoms with E-state index in [-0.39, 0.29) is 17.6 Å². The fourth-order valence-corrected chi connectivity index (χ4v) is 4.96. The van der Waals surface area contributed by atoms with Crippen LogP contribution in [0.5, 0.6) is 0 Å². The highest BCUT2D eigenvalue weighted by Crippen LogP contribution is 2.26. The first-order valence-electron chi connectivity index (χ1n) is 8.55. The number of halogens is 1. The summed E-state index contributed by atoms with van der Waals surface area (Å²) in [6, 6.07) is 5.87.